The molecule has 0 aromatic heterocycles. The van der Waals surface area contributed by atoms with Gasteiger partial charge < -0.3 is 9.84 Å². The number of ether oxygens (including phenoxy) is 1. The summed E-state index contributed by atoms with van der Waals surface area (Å²) in [5.74, 6) is -0.0317. The van der Waals surface area contributed by atoms with E-state index in [2.05, 4.69) is 12.2 Å². The van der Waals surface area contributed by atoms with Crippen molar-refractivity contribution in [3.63, 3.8) is 0 Å². The fraction of sp³-hybridized carbons (Fsp3) is 0.316. The van der Waals surface area contributed by atoms with Gasteiger partial charge in [-0.25, -0.2) is 0 Å². The maximum Gasteiger partial charge on any atom is 0.325 e. The summed E-state index contributed by atoms with van der Waals surface area (Å²) in [7, 11) is 0. The first-order chi connectivity index (χ1) is 11.2. The molecule has 0 saturated heterocycles. The fourth-order valence-corrected chi connectivity index (χ4v) is 2.25. The van der Waals surface area contributed by atoms with Crippen molar-refractivity contribution in [3.8, 4) is 5.75 Å². The Hall–Kier alpha value is -2.33. The summed E-state index contributed by atoms with van der Waals surface area (Å²) in [6, 6.07) is 16.2. The van der Waals surface area contributed by atoms with Gasteiger partial charge in [0.05, 0.1) is 6.61 Å². The van der Waals surface area contributed by atoms with Crippen molar-refractivity contribution in [2.75, 3.05) is 6.61 Å². The maximum absolute atomic E-state index is 11.4. The molecule has 0 amide bonds. The van der Waals surface area contributed by atoms with Crippen LogP contribution in [0.1, 0.15) is 36.9 Å². The van der Waals surface area contributed by atoms with Gasteiger partial charge in [0.2, 0.25) is 0 Å². The Balaban J connectivity index is 1.92. The van der Waals surface area contributed by atoms with Gasteiger partial charge >= 0.3 is 5.97 Å². The van der Waals surface area contributed by atoms with Gasteiger partial charge in [-0.05, 0) is 29.7 Å². The molecule has 2 rings (SSSR count). The third kappa shape index (κ3) is 5.42. The van der Waals surface area contributed by atoms with Crippen LogP contribution in [0.25, 0.3) is 0 Å². The molecule has 0 aliphatic carbocycles. The lowest BCUT2D eigenvalue weighted by Crippen LogP contribution is -2.28. The van der Waals surface area contributed by atoms with Gasteiger partial charge in [0.15, 0.2) is 0 Å². The number of carboxylic acid groups (broad SMARTS) is 1. The molecule has 0 aliphatic rings. The molecule has 23 heavy (non-hydrogen) atoms. The van der Waals surface area contributed by atoms with Gasteiger partial charge in [-0.3, -0.25) is 10.1 Å². The molecule has 122 valence electrons. The summed E-state index contributed by atoms with van der Waals surface area (Å²) < 4.78 is 5.62. The van der Waals surface area contributed by atoms with E-state index in [1.807, 2.05) is 54.6 Å². The van der Waals surface area contributed by atoms with Gasteiger partial charge in [0.25, 0.3) is 0 Å². The number of rotatable bonds is 9. The largest absolute Gasteiger partial charge is 0.494 e. The Labute approximate surface area is 137 Å². The lowest BCUT2D eigenvalue weighted by Gasteiger charge is -2.15. The van der Waals surface area contributed by atoms with Crippen molar-refractivity contribution >= 4 is 5.97 Å². The Kier molecular flexibility index (Phi) is 6.63. The lowest BCUT2D eigenvalue weighted by atomic mass is 10.1. The van der Waals surface area contributed by atoms with Gasteiger partial charge in [0.1, 0.15) is 11.8 Å². The Bertz CT molecular complexity index is 596. The minimum Gasteiger partial charge on any atom is -0.494 e. The SMILES string of the molecule is CCCCOc1ccc(CN[C@@H](C(=O)O)c2ccccc2)cc1. The van der Waals surface area contributed by atoms with Crippen molar-refractivity contribution in [1.29, 1.82) is 0 Å². The zero-order chi connectivity index (χ0) is 16.5. The number of benzene rings is 2. The van der Waals surface area contributed by atoms with E-state index in [4.69, 9.17) is 4.74 Å². The second kappa shape index (κ2) is 8.96. The van der Waals surface area contributed by atoms with Crippen LogP contribution in [0.15, 0.2) is 54.6 Å². The molecule has 0 bridgehead atoms. The van der Waals surface area contributed by atoms with Crippen LogP contribution in [0.5, 0.6) is 5.75 Å². The Morgan fingerprint density at radius 3 is 2.43 bits per heavy atom. The van der Waals surface area contributed by atoms with Crippen LogP contribution in [0, 0.1) is 0 Å². The van der Waals surface area contributed by atoms with Gasteiger partial charge in [0, 0.05) is 6.54 Å². The minimum absolute atomic E-state index is 0.487. The third-order valence-electron chi connectivity index (χ3n) is 3.58. The van der Waals surface area contributed by atoms with Crippen molar-refractivity contribution in [1.82, 2.24) is 5.32 Å². The Morgan fingerprint density at radius 1 is 1.13 bits per heavy atom. The maximum atomic E-state index is 11.4. The van der Waals surface area contributed by atoms with E-state index in [9.17, 15) is 9.90 Å². The number of carboxylic acids is 1. The highest BCUT2D eigenvalue weighted by Crippen LogP contribution is 2.16. The third-order valence-corrected chi connectivity index (χ3v) is 3.58. The summed E-state index contributed by atoms with van der Waals surface area (Å²) in [5, 5.41) is 12.5. The normalized spacial score (nSPS) is 11.9. The lowest BCUT2D eigenvalue weighted by molar-refractivity contribution is -0.139. The number of nitrogens with one attached hydrogen (secondary N) is 1. The molecular formula is C19H23NO3. The van der Waals surface area contributed by atoms with Crippen LogP contribution in [-0.4, -0.2) is 17.7 Å². The number of hydrogen-bond donors (Lipinski definition) is 2. The highest BCUT2D eigenvalue weighted by molar-refractivity contribution is 5.75. The second-order valence-corrected chi connectivity index (χ2v) is 5.41. The van der Waals surface area contributed by atoms with E-state index in [-0.39, 0.29) is 0 Å². The first-order valence-electron chi connectivity index (χ1n) is 7.93. The summed E-state index contributed by atoms with van der Waals surface area (Å²) in [6.07, 6.45) is 2.15. The number of aliphatic carboxylic acids is 1. The number of hydrogen-bond acceptors (Lipinski definition) is 3. The summed E-state index contributed by atoms with van der Waals surface area (Å²) in [4.78, 5) is 11.4. The molecule has 2 aromatic rings. The predicted octanol–water partition coefficient (Wildman–Crippen LogP) is 3.78. The molecule has 0 radical (unpaired) electrons. The number of carbonyl (C=O) groups is 1. The molecule has 4 nitrogen and oxygen atoms in total. The molecular weight excluding hydrogens is 290 g/mol. The van der Waals surface area contributed by atoms with E-state index in [0.29, 0.717) is 6.54 Å². The zero-order valence-corrected chi connectivity index (χ0v) is 13.4. The molecule has 0 aliphatic heterocycles. The molecule has 0 spiro atoms. The molecule has 2 N–H and O–H groups in total. The molecule has 4 heteroatoms. The summed E-state index contributed by atoms with van der Waals surface area (Å²) >= 11 is 0. The molecule has 0 unspecified atom stereocenters. The van der Waals surface area contributed by atoms with Crippen LogP contribution in [-0.2, 0) is 11.3 Å². The van der Waals surface area contributed by atoms with Crippen molar-refractivity contribution in [3.05, 3.63) is 65.7 Å². The minimum atomic E-state index is -0.879. The summed E-state index contributed by atoms with van der Waals surface area (Å²) in [5.41, 5.74) is 1.77. The van der Waals surface area contributed by atoms with E-state index < -0.39 is 12.0 Å². The van der Waals surface area contributed by atoms with Crippen molar-refractivity contribution in [2.24, 2.45) is 0 Å². The first kappa shape index (κ1) is 17.0. The highest BCUT2D eigenvalue weighted by atomic mass is 16.5. The number of unbranched alkanes of at least 4 members (excludes halogenated alkanes) is 1. The molecule has 1 atom stereocenters. The predicted molar refractivity (Wildman–Crippen MR) is 90.5 cm³/mol. The van der Waals surface area contributed by atoms with E-state index in [0.717, 1.165) is 36.3 Å². The highest BCUT2D eigenvalue weighted by Gasteiger charge is 2.18. The standard InChI is InChI=1S/C19H23NO3/c1-2-3-13-23-17-11-9-15(10-12-17)14-20-18(19(21)22)16-7-5-4-6-8-16/h4-12,18,20H,2-3,13-14H2,1H3,(H,21,22)/t18-/m1/s1. The fourth-order valence-electron chi connectivity index (χ4n) is 2.25. The van der Waals surface area contributed by atoms with E-state index in [1.54, 1.807) is 0 Å². The van der Waals surface area contributed by atoms with Crippen LogP contribution >= 0.6 is 0 Å². The average Bonchev–Trinajstić information content (AvgIpc) is 2.57. The van der Waals surface area contributed by atoms with Crippen molar-refractivity contribution < 1.29 is 14.6 Å². The van der Waals surface area contributed by atoms with Crippen LogP contribution < -0.4 is 10.1 Å². The van der Waals surface area contributed by atoms with Crippen molar-refractivity contribution in [2.45, 2.75) is 32.4 Å². The smallest absolute Gasteiger partial charge is 0.325 e. The molecule has 0 fully saturated rings. The van der Waals surface area contributed by atoms with E-state index >= 15 is 0 Å². The van der Waals surface area contributed by atoms with Gasteiger partial charge in [-0.15, -0.1) is 0 Å². The molecule has 0 saturated carbocycles. The quantitative estimate of drug-likeness (QED) is 0.692. The zero-order valence-electron chi connectivity index (χ0n) is 13.4. The van der Waals surface area contributed by atoms with Gasteiger partial charge in [-0.2, -0.15) is 0 Å². The molecule has 2 aromatic carbocycles. The molecule has 0 heterocycles. The van der Waals surface area contributed by atoms with Crippen LogP contribution in [0.3, 0.4) is 0 Å². The monoisotopic (exact) mass is 313 g/mol. The average molecular weight is 313 g/mol. The second-order valence-electron chi connectivity index (χ2n) is 5.41. The Morgan fingerprint density at radius 2 is 1.83 bits per heavy atom. The van der Waals surface area contributed by atoms with Crippen LogP contribution in [0.4, 0.5) is 0 Å². The summed E-state index contributed by atoms with van der Waals surface area (Å²) in [6.45, 7) is 3.34. The topological polar surface area (TPSA) is 58.6 Å². The first-order valence-corrected chi connectivity index (χ1v) is 7.93. The van der Waals surface area contributed by atoms with E-state index in [1.165, 1.54) is 0 Å². The van der Waals surface area contributed by atoms with Gasteiger partial charge in [-0.1, -0.05) is 55.8 Å². The van der Waals surface area contributed by atoms with Crippen LogP contribution in [0.2, 0.25) is 0 Å².